The first-order valence-corrected chi connectivity index (χ1v) is 6.95. The fourth-order valence-corrected chi connectivity index (χ4v) is 3.09. The number of hydrogen-bond donors (Lipinski definition) is 0. The van der Waals surface area contributed by atoms with E-state index in [2.05, 4.69) is 39.0 Å². The quantitative estimate of drug-likeness (QED) is 0.705. The Morgan fingerprint density at radius 1 is 1.35 bits per heavy atom. The van der Waals surface area contributed by atoms with Crippen LogP contribution < -0.4 is 4.74 Å². The van der Waals surface area contributed by atoms with E-state index in [1.165, 1.54) is 11.1 Å². The summed E-state index contributed by atoms with van der Waals surface area (Å²) in [5, 5.41) is 0.179. The third-order valence-electron chi connectivity index (χ3n) is 3.87. The third-order valence-corrected chi connectivity index (χ3v) is 4.17. The van der Waals surface area contributed by atoms with Gasteiger partial charge in [-0.25, -0.2) is 0 Å². The summed E-state index contributed by atoms with van der Waals surface area (Å²) in [7, 11) is 0. The lowest BCUT2D eigenvalue weighted by Crippen LogP contribution is -2.36. The Balaban J connectivity index is 2.40. The molecule has 17 heavy (non-hydrogen) atoms. The van der Waals surface area contributed by atoms with Crippen LogP contribution in [0.5, 0.6) is 5.75 Å². The molecule has 0 radical (unpaired) electrons. The fourth-order valence-electron chi connectivity index (χ4n) is 2.64. The molecule has 0 saturated carbocycles. The van der Waals surface area contributed by atoms with E-state index in [1.54, 1.807) is 0 Å². The highest BCUT2D eigenvalue weighted by Crippen LogP contribution is 2.37. The molecule has 1 aliphatic rings. The largest absolute Gasteiger partial charge is 0.487 e. The molecule has 1 aromatic rings. The van der Waals surface area contributed by atoms with Gasteiger partial charge in [-0.05, 0) is 37.8 Å². The topological polar surface area (TPSA) is 9.23 Å². The summed E-state index contributed by atoms with van der Waals surface area (Å²) in [5.74, 6) is 1.03. The molecule has 1 aromatic carbocycles. The van der Waals surface area contributed by atoms with E-state index in [9.17, 15) is 0 Å². The molecular weight excluding hydrogens is 232 g/mol. The number of ether oxygens (including phenoxy) is 1. The fraction of sp³-hybridized carbons (Fsp3) is 0.600. The van der Waals surface area contributed by atoms with Gasteiger partial charge in [-0.3, -0.25) is 0 Å². The van der Waals surface area contributed by atoms with Gasteiger partial charge in [-0.15, -0.1) is 11.6 Å². The van der Waals surface area contributed by atoms with Crippen LogP contribution in [0.15, 0.2) is 18.2 Å². The van der Waals surface area contributed by atoms with E-state index in [0.29, 0.717) is 0 Å². The van der Waals surface area contributed by atoms with Crippen molar-refractivity contribution in [2.45, 2.75) is 57.4 Å². The van der Waals surface area contributed by atoms with Gasteiger partial charge < -0.3 is 4.74 Å². The molecule has 0 bridgehead atoms. The van der Waals surface area contributed by atoms with Gasteiger partial charge in [0.15, 0.2) is 0 Å². The van der Waals surface area contributed by atoms with Crippen LogP contribution in [-0.2, 0) is 6.42 Å². The molecule has 2 heteroatoms. The van der Waals surface area contributed by atoms with E-state index < -0.39 is 0 Å². The maximum absolute atomic E-state index is 6.46. The number of fused-ring (bicyclic) bond motifs is 1. The first kappa shape index (κ1) is 12.8. The molecule has 1 heterocycles. The Morgan fingerprint density at radius 3 is 2.71 bits per heavy atom. The van der Waals surface area contributed by atoms with Crippen LogP contribution in [0.1, 0.15) is 44.2 Å². The van der Waals surface area contributed by atoms with Crippen molar-refractivity contribution >= 4 is 11.6 Å². The van der Waals surface area contributed by atoms with Crippen LogP contribution in [0.3, 0.4) is 0 Å². The first-order chi connectivity index (χ1) is 8.08. The second-order valence-electron chi connectivity index (χ2n) is 5.11. The summed E-state index contributed by atoms with van der Waals surface area (Å²) in [6.45, 7) is 6.49. The van der Waals surface area contributed by atoms with Crippen molar-refractivity contribution in [2.24, 2.45) is 0 Å². The van der Waals surface area contributed by atoms with Crippen molar-refractivity contribution in [1.29, 1.82) is 0 Å². The van der Waals surface area contributed by atoms with E-state index in [1.807, 2.05) is 0 Å². The average molecular weight is 253 g/mol. The molecule has 1 aliphatic heterocycles. The molecule has 1 atom stereocenters. The molecule has 0 amide bonds. The predicted octanol–water partition coefficient (Wildman–Crippen LogP) is 4.49. The Hall–Kier alpha value is -0.690. The monoisotopic (exact) mass is 252 g/mol. The highest BCUT2D eigenvalue weighted by Gasteiger charge is 2.34. The summed E-state index contributed by atoms with van der Waals surface area (Å²) in [5.41, 5.74) is 2.46. The zero-order valence-corrected chi connectivity index (χ0v) is 11.7. The molecule has 2 rings (SSSR count). The van der Waals surface area contributed by atoms with Crippen molar-refractivity contribution in [3.05, 3.63) is 29.3 Å². The van der Waals surface area contributed by atoms with Gasteiger partial charge >= 0.3 is 0 Å². The lowest BCUT2D eigenvalue weighted by Gasteiger charge is -2.32. The highest BCUT2D eigenvalue weighted by molar-refractivity contribution is 6.20. The molecule has 0 saturated heterocycles. The van der Waals surface area contributed by atoms with Crippen LogP contribution in [0, 0.1) is 6.92 Å². The van der Waals surface area contributed by atoms with Gasteiger partial charge in [0.1, 0.15) is 11.4 Å². The number of benzene rings is 1. The Morgan fingerprint density at radius 2 is 2.06 bits per heavy atom. The summed E-state index contributed by atoms with van der Waals surface area (Å²) in [4.78, 5) is 0. The van der Waals surface area contributed by atoms with Crippen LogP contribution in [0.25, 0.3) is 0 Å². The third kappa shape index (κ3) is 2.60. The smallest absolute Gasteiger partial charge is 0.123 e. The normalized spacial score (nSPS) is 22.5. The average Bonchev–Trinajstić information content (AvgIpc) is 2.44. The molecular formula is C15H21ClO. The Kier molecular flexibility index (Phi) is 3.67. The maximum atomic E-state index is 6.46. The zero-order chi connectivity index (χ0) is 12.5. The Bertz CT molecular complexity index is 396. The van der Waals surface area contributed by atoms with Crippen molar-refractivity contribution in [3.63, 3.8) is 0 Å². The molecule has 0 spiro atoms. The van der Waals surface area contributed by atoms with E-state index >= 15 is 0 Å². The standard InChI is InChI=1S/C15H21ClO/c1-4-15(5-2)10-13(16)9-12-8-11(3)6-7-14(12)17-15/h6-8,13H,4-5,9-10H2,1-3H3. The zero-order valence-electron chi connectivity index (χ0n) is 10.9. The molecule has 1 nitrogen and oxygen atoms in total. The summed E-state index contributed by atoms with van der Waals surface area (Å²) in [6, 6.07) is 6.41. The second-order valence-corrected chi connectivity index (χ2v) is 5.73. The molecule has 94 valence electrons. The van der Waals surface area contributed by atoms with Crippen molar-refractivity contribution in [1.82, 2.24) is 0 Å². The number of hydrogen-bond acceptors (Lipinski definition) is 1. The maximum Gasteiger partial charge on any atom is 0.123 e. The van der Waals surface area contributed by atoms with Crippen molar-refractivity contribution in [3.8, 4) is 5.75 Å². The molecule has 1 unspecified atom stereocenters. The predicted molar refractivity (Wildman–Crippen MR) is 73.1 cm³/mol. The SMILES string of the molecule is CCC1(CC)CC(Cl)Cc2cc(C)ccc2O1. The summed E-state index contributed by atoms with van der Waals surface area (Å²) in [6.07, 6.45) is 3.88. The van der Waals surface area contributed by atoms with Gasteiger partial charge in [0.05, 0.1) is 0 Å². The van der Waals surface area contributed by atoms with Crippen LogP contribution >= 0.6 is 11.6 Å². The van der Waals surface area contributed by atoms with Crippen LogP contribution in [-0.4, -0.2) is 11.0 Å². The Labute approximate surface area is 109 Å². The number of halogens is 1. The number of rotatable bonds is 2. The van der Waals surface area contributed by atoms with Gasteiger partial charge in [0.25, 0.3) is 0 Å². The molecule has 0 N–H and O–H groups in total. The summed E-state index contributed by atoms with van der Waals surface area (Å²) >= 11 is 6.46. The van der Waals surface area contributed by atoms with E-state index in [-0.39, 0.29) is 11.0 Å². The van der Waals surface area contributed by atoms with Gasteiger partial charge in [0, 0.05) is 11.8 Å². The minimum absolute atomic E-state index is 0.0765. The molecule has 0 aliphatic carbocycles. The lowest BCUT2D eigenvalue weighted by atomic mass is 9.91. The molecule has 0 aromatic heterocycles. The minimum Gasteiger partial charge on any atom is -0.487 e. The van der Waals surface area contributed by atoms with Crippen molar-refractivity contribution < 1.29 is 4.74 Å². The highest BCUT2D eigenvalue weighted by atomic mass is 35.5. The lowest BCUT2D eigenvalue weighted by molar-refractivity contribution is 0.0553. The van der Waals surface area contributed by atoms with E-state index in [4.69, 9.17) is 16.3 Å². The van der Waals surface area contributed by atoms with Gasteiger partial charge in [0.2, 0.25) is 0 Å². The summed E-state index contributed by atoms with van der Waals surface area (Å²) < 4.78 is 6.28. The van der Waals surface area contributed by atoms with Crippen LogP contribution in [0.4, 0.5) is 0 Å². The van der Waals surface area contributed by atoms with Crippen LogP contribution in [0.2, 0.25) is 0 Å². The number of aryl methyl sites for hydroxylation is 1. The first-order valence-electron chi connectivity index (χ1n) is 6.51. The van der Waals surface area contributed by atoms with Gasteiger partial charge in [-0.2, -0.15) is 0 Å². The second kappa shape index (κ2) is 4.89. The minimum atomic E-state index is -0.0765. The van der Waals surface area contributed by atoms with E-state index in [0.717, 1.165) is 31.4 Å². The van der Waals surface area contributed by atoms with Crippen molar-refractivity contribution in [2.75, 3.05) is 0 Å². The molecule has 0 fully saturated rings. The van der Waals surface area contributed by atoms with Gasteiger partial charge in [-0.1, -0.05) is 31.5 Å². The number of alkyl halides is 1.